The third-order valence-corrected chi connectivity index (χ3v) is 1.19. The van der Waals surface area contributed by atoms with Crippen LogP contribution in [0.1, 0.15) is 6.92 Å². The third-order valence-electron chi connectivity index (χ3n) is 1.19. The molecule has 0 aromatic rings. The number of methoxy groups -OCH3 is 1. The van der Waals surface area contributed by atoms with Crippen molar-refractivity contribution in [3.05, 3.63) is 0 Å². The van der Waals surface area contributed by atoms with Gasteiger partial charge in [0.1, 0.15) is 12.1 Å². The number of carbonyl (C=O) groups excluding carboxylic acids is 1. The van der Waals surface area contributed by atoms with Crippen LogP contribution in [-0.4, -0.2) is 25.2 Å². The fourth-order valence-corrected chi connectivity index (χ4v) is 0.412. The summed E-state index contributed by atoms with van der Waals surface area (Å²) in [5.41, 5.74) is 5.30. The molecule has 5 nitrogen and oxygen atoms in total. The molecule has 2 unspecified atom stereocenters. The highest BCUT2D eigenvalue weighted by Crippen LogP contribution is 1.93. The van der Waals surface area contributed by atoms with Gasteiger partial charge in [0.2, 0.25) is 0 Å². The van der Waals surface area contributed by atoms with E-state index >= 15 is 0 Å². The Hall–Kier alpha value is -0.0700. The van der Waals surface area contributed by atoms with Crippen LogP contribution >= 0.6 is 24.8 Å². The standard InChI is InChI=1S/C5H12N2O3.2ClH/c1-3(10-7)4(6)5(8)9-2;;/h3-4H,6-7H2,1-2H3;2*1H. The van der Waals surface area contributed by atoms with Gasteiger partial charge in [0.15, 0.2) is 0 Å². The van der Waals surface area contributed by atoms with E-state index in [1.165, 1.54) is 7.11 Å². The van der Waals surface area contributed by atoms with Gasteiger partial charge in [0, 0.05) is 0 Å². The molecule has 0 bridgehead atoms. The predicted molar refractivity (Wildman–Crippen MR) is 49.2 cm³/mol. The number of rotatable bonds is 3. The van der Waals surface area contributed by atoms with E-state index < -0.39 is 18.1 Å². The number of hydrogen-bond donors (Lipinski definition) is 2. The normalized spacial score (nSPS) is 13.3. The minimum atomic E-state index is -0.810. The van der Waals surface area contributed by atoms with Crippen LogP contribution in [0.4, 0.5) is 0 Å². The Morgan fingerprint density at radius 3 is 2.08 bits per heavy atom. The Morgan fingerprint density at radius 1 is 1.42 bits per heavy atom. The van der Waals surface area contributed by atoms with Crippen LogP contribution in [0.3, 0.4) is 0 Å². The van der Waals surface area contributed by atoms with E-state index in [0.29, 0.717) is 0 Å². The van der Waals surface area contributed by atoms with Gasteiger partial charge >= 0.3 is 5.97 Å². The molecule has 0 saturated heterocycles. The largest absolute Gasteiger partial charge is 0.468 e. The molecule has 0 aliphatic carbocycles. The molecule has 0 aliphatic rings. The summed E-state index contributed by atoms with van der Waals surface area (Å²) in [6, 6.07) is -0.810. The molecule has 0 heterocycles. The van der Waals surface area contributed by atoms with Crippen LogP contribution in [0.2, 0.25) is 0 Å². The highest BCUT2D eigenvalue weighted by Gasteiger charge is 2.21. The molecule has 0 aliphatic heterocycles. The number of carbonyl (C=O) groups is 1. The number of ether oxygens (including phenoxy) is 1. The van der Waals surface area contributed by atoms with Gasteiger partial charge in [-0.2, -0.15) is 0 Å². The Bertz CT molecular complexity index is 125. The van der Waals surface area contributed by atoms with Gasteiger partial charge in [-0.3, -0.25) is 9.63 Å². The molecule has 0 aromatic heterocycles. The van der Waals surface area contributed by atoms with Gasteiger partial charge in [-0.1, -0.05) is 0 Å². The summed E-state index contributed by atoms with van der Waals surface area (Å²) in [5, 5.41) is 0. The second kappa shape index (κ2) is 9.02. The lowest BCUT2D eigenvalue weighted by Crippen LogP contribution is -2.43. The first-order valence-electron chi connectivity index (χ1n) is 2.82. The maximum atomic E-state index is 10.6. The molecule has 12 heavy (non-hydrogen) atoms. The van der Waals surface area contributed by atoms with Crippen molar-refractivity contribution < 1.29 is 14.4 Å². The number of halogens is 2. The van der Waals surface area contributed by atoms with E-state index in [1.807, 2.05) is 0 Å². The van der Waals surface area contributed by atoms with Gasteiger partial charge < -0.3 is 10.5 Å². The maximum Gasteiger partial charge on any atom is 0.325 e. The lowest BCUT2D eigenvalue weighted by atomic mass is 10.2. The van der Waals surface area contributed by atoms with Gasteiger partial charge in [-0.05, 0) is 6.92 Å². The summed E-state index contributed by atoms with van der Waals surface area (Å²) in [6.45, 7) is 1.58. The Balaban J connectivity index is -0.000000405. The van der Waals surface area contributed by atoms with Crippen LogP contribution in [-0.2, 0) is 14.4 Å². The Labute approximate surface area is 83.5 Å². The van der Waals surface area contributed by atoms with Crippen molar-refractivity contribution in [3.8, 4) is 0 Å². The molecule has 2 atom stereocenters. The van der Waals surface area contributed by atoms with Crippen molar-refractivity contribution in [1.29, 1.82) is 0 Å². The summed E-state index contributed by atoms with van der Waals surface area (Å²) in [7, 11) is 1.26. The van der Waals surface area contributed by atoms with Crippen molar-refractivity contribution in [2.24, 2.45) is 11.6 Å². The maximum absolute atomic E-state index is 10.6. The fraction of sp³-hybridized carbons (Fsp3) is 0.800. The lowest BCUT2D eigenvalue weighted by Gasteiger charge is -2.14. The van der Waals surface area contributed by atoms with E-state index in [9.17, 15) is 4.79 Å². The van der Waals surface area contributed by atoms with Gasteiger partial charge in [0.05, 0.1) is 7.11 Å². The predicted octanol–water partition coefficient (Wildman–Crippen LogP) is -0.391. The molecule has 0 aromatic carbocycles. The second-order valence-corrected chi connectivity index (χ2v) is 1.89. The lowest BCUT2D eigenvalue weighted by molar-refractivity contribution is -0.145. The average molecular weight is 221 g/mol. The molecular weight excluding hydrogens is 207 g/mol. The minimum Gasteiger partial charge on any atom is -0.468 e. The summed E-state index contributed by atoms with van der Waals surface area (Å²) in [5.74, 6) is 4.25. The zero-order valence-corrected chi connectivity index (χ0v) is 8.48. The molecule has 0 radical (unpaired) electrons. The first-order chi connectivity index (χ1) is 4.63. The van der Waals surface area contributed by atoms with Gasteiger partial charge in [0.25, 0.3) is 0 Å². The minimum absolute atomic E-state index is 0. The molecule has 7 heteroatoms. The van der Waals surface area contributed by atoms with Crippen LogP contribution in [0.15, 0.2) is 0 Å². The van der Waals surface area contributed by atoms with E-state index in [0.717, 1.165) is 0 Å². The number of hydrogen-bond acceptors (Lipinski definition) is 5. The highest BCUT2D eigenvalue weighted by atomic mass is 35.5. The van der Waals surface area contributed by atoms with Crippen molar-refractivity contribution in [2.75, 3.05) is 7.11 Å². The van der Waals surface area contributed by atoms with Gasteiger partial charge in [-0.15, -0.1) is 24.8 Å². The second-order valence-electron chi connectivity index (χ2n) is 1.89. The molecule has 0 spiro atoms. The van der Waals surface area contributed by atoms with Crippen LogP contribution < -0.4 is 11.6 Å². The Morgan fingerprint density at radius 2 is 1.83 bits per heavy atom. The molecule has 76 valence electrons. The first-order valence-corrected chi connectivity index (χ1v) is 2.82. The zero-order valence-electron chi connectivity index (χ0n) is 6.85. The molecule has 0 amide bonds. The SMILES string of the molecule is COC(=O)C(N)C(C)ON.Cl.Cl. The van der Waals surface area contributed by atoms with Crippen LogP contribution in [0.25, 0.3) is 0 Å². The number of nitrogens with two attached hydrogens (primary N) is 2. The summed E-state index contributed by atoms with van der Waals surface area (Å²) >= 11 is 0. The van der Waals surface area contributed by atoms with E-state index in [2.05, 4.69) is 9.57 Å². The monoisotopic (exact) mass is 220 g/mol. The van der Waals surface area contributed by atoms with Crippen molar-refractivity contribution in [3.63, 3.8) is 0 Å². The fourth-order valence-electron chi connectivity index (χ4n) is 0.412. The van der Waals surface area contributed by atoms with E-state index in [-0.39, 0.29) is 24.8 Å². The molecular formula is C5H14Cl2N2O3. The quantitative estimate of drug-likeness (QED) is 0.500. The van der Waals surface area contributed by atoms with Crippen molar-refractivity contribution >= 4 is 30.8 Å². The third kappa shape index (κ3) is 5.56. The number of esters is 1. The van der Waals surface area contributed by atoms with Crippen molar-refractivity contribution in [1.82, 2.24) is 0 Å². The Kier molecular flexibility index (Phi) is 13.4. The first kappa shape index (κ1) is 17.9. The van der Waals surface area contributed by atoms with E-state index in [4.69, 9.17) is 11.6 Å². The summed E-state index contributed by atoms with van der Waals surface area (Å²) < 4.78 is 4.34. The zero-order chi connectivity index (χ0) is 8.15. The molecule has 0 rings (SSSR count). The smallest absolute Gasteiger partial charge is 0.325 e. The van der Waals surface area contributed by atoms with Gasteiger partial charge in [-0.25, -0.2) is 5.90 Å². The summed E-state index contributed by atoms with van der Waals surface area (Å²) in [6.07, 6.45) is -0.521. The molecule has 0 saturated carbocycles. The van der Waals surface area contributed by atoms with E-state index in [1.54, 1.807) is 6.92 Å². The average Bonchev–Trinajstić information content (AvgIpc) is 2.00. The van der Waals surface area contributed by atoms with Crippen LogP contribution in [0.5, 0.6) is 0 Å². The molecule has 0 fully saturated rings. The highest BCUT2D eigenvalue weighted by molar-refractivity contribution is 5.85. The topological polar surface area (TPSA) is 87.6 Å². The van der Waals surface area contributed by atoms with Crippen molar-refractivity contribution in [2.45, 2.75) is 19.1 Å². The summed E-state index contributed by atoms with van der Waals surface area (Å²) in [4.78, 5) is 14.9. The molecule has 4 N–H and O–H groups in total. The van der Waals surface area contributed by atoms with Crippen LogP contribution in [0, 0.1) is 0 Å².